The van der Waals surface area contributed by atoms with Gasteiger partial charge in [0.25, 0.3) is 0 Å². The lowest BCUT2D eigenvalue weighted by atomic mass is 10.0. The molecule has 2 nitrogen and oxygen atoms in total. The van der Waals surface area contributed by atoms with Crippen LogP contribution in [0.1, 0.15) is 45.4 Å². The maximum absolute atomic E-state index is 11.2. The van der Waals surface area contributed by atoms with Gasteiger partial charge in [0.05, 0.1) is 6.61 Å². The van der Waals surface area contributed by atoms with Crippen molar-refractivity contribution in [1.82, 2.24) is 0 Å². The maximum Gasteiger partial charge on any atom is 0.333 e. The normalized spacial score (nSPS) is 16.7. The summed E-state index contributed by atoms with van der Waals surface area (Å²) in [6, 6.07) is 0. The molecule has 2 heteroatoms. The van der Waals surface area contributed by atoms with Gasteiger partial charge in [-0.1, -0.05) is 32.3 Å². The number of cyclic esters (lactones) is 1. The number of unbranched alkanes of at least 4 members (excludes halogenated alkanes) is 3. The van der Waals surface area contributed by atoms with Crippen LogP contribution in [-0.2, 0) is 9.53 Å². The maximum atomic E-state index is 11.2. The number of hydrogen-bond acceptors (Lipinski definition) is 2. The smallest absolute Gasteiger partial charge is 0.333 e. The number of carbonyl (C=O) groups is 1. The lowest BCUT2D eigenvalue weighted by Crippen LogP contribution is -2.13. The molecule has 1 heterocycles. The lowest BCUT2D eigenvalue weighted by Gasteiger charge is -2.12. The van der Waals surface area contributed by atoms with Gasteiger partial charge in [-0.15, -0.1) is 0 Å². The molecule has 74 valence electrons. The summed E-state index contributed by atoms with van der Waals surface area (Å²) >= 11 is 0. The Morgan fingerprint density at radius 3 is 2.92 bits per heavy atom. The van der Waals surface area contributed by atoms with E-state index in [4.69, 9.17) is 4.74 Å². The molecule has 0 radical (unpaired) electrons. The standard InChI is InChI=1S/C11H18O2/c1-2-3-4-5-7-10-8-6-9-13-11(10)12/h8H,2-7,9H2,1H3. The van der Waals surface area contributed by atoms with Gasteiger partial charge in [0.1, 0.15) is 0 Å². The van der Waals surface area contributed by atoms with Crippen molar-refractivity contribution >= 4 is 5.97 Å². The van der Waals surface area contributed by atoms with Crippen molar-refractivity contribution < 1.29 is 9.53 Å². The second-order valence-corrected chi connectivity index (χ2v) is 3.46. The zero-order valence-corrected chi connectivity index (χ0v) is 8.34. The van der Waals surface area contributed by atoms with Crippen LogP contribution in [0.3, 0.4) is 0 Å². The highest BCUT2D eigenvalue weighted by molar-refractivity contribution is 5.88. The van der Waals surface area contributed by atoms with Crippen molar-refractivity contribution in [1.29, 1.82) is 0 Å². The Bertz CT molecular complexity index is 194. The molecule has 0 aromatic heterocycles. The van der Waals surface area contributed by atoms with Crippen LogP contribution in [0.4, 0.5) is 0 Å². The van der Waals surface area contributed by atoms with Crippen LogP contribution >= 0.6 is 0 Å². The van der Waals surface area contributed by atoms with Crippen molar-refractivity contribution in [3.8, 4) is 0 Å². The molecule has 0 aromatic carbocycles. The van der Waals surface area contributed by atoms with E-state index in [0.717, 1.165) is 24.8 Å². The number of ether oxygens (including phenoxy) is 1. The first kappa shape index (κ1) is 10.3. The summed E-state index contributed by atoms with van der Waals surface area (Å²) in [6.45, 7) is 2.76. The van der Waals surface area contributed by atoms with Gasteiger partial charge in [-0.2, -0.15) is 0 Å². The van der Waals surface area contributed by atoms with Gasteiger partial charge >= 0.3 is 5.97 Å². The summed E-state index contributed by atoms with van der Waals surface area (Å²) in [4.78, 5) is 11.2. The second-order valence-electron chi connectivity index (χ2n) is 3.46. The van der Waals surface area contributed by atoms with Gasteiger partial charge in [-0.05, 0) is 12.8 Å². The Hall–Kier alpha value is -0.790. The Labute approximate surface area is 80.0 Å². The molecular formula is C11H18O2. The summed E-state index contributed by atoms with van der Waals surface area (Å²) in [5.74, 6) is -0.0947. The Morgan fingerprint density at radius 2 is 2.23 bits per heavy atom. The zero-order chi connectivity index (χ0) is 9.52. The predicted molar refractivity (Wildman–Crippen MR) is 52.4 cm³/mol. The zero-order valence-electron chi connectivity index (χ0n) is 8.34. The first-order valence-electron chi connectivity index (χ1n) is 5.20. The molecule has 1 rings (SSSR count). The third kappa shape index (κ3) is 3.62. The molecule has 0 saturated heterocycles. The van der Waals surface area contributed by atoms with E-state index in [1.54, 1.807) is 0 Å². The highest BCUT2D eigenvalue weighted by Gasteiger charge is 2.13. The van der Waals surface area contributed by atoms with Crippen LogP contribution in [0.5, 0.6) is 0 Å². The van der Waals surface area contributed by atoms with Gasteiger partial charge in [0.15, 0.2) is 0 Å². The van der Waals surface area contributed by atoms with E-state index in [-0.39, 0.29) is 5.97 Å². The van der Waals surface area contributed by atoms with Crippen LogP contribution < -0.4 is 0 Å². The summed E-state index contributed by atoms with van der Waals surface area (Å²) in [6.07, 6.45) is 8.67. The third-order valence-corrected chi connectivity index (χ3v) is 2.30. The Balaban J connectivity index is 2.19. The van der Waals surface area contributed by atoms with Crippen LogP contribution in [0.25, 0.3) is 0 Å². The molecule has 0 amide bonds. The molecule has 0 aliphatic carbocycles. The van der Waals surface area contributed by atoms with Crippen molar-refractivity contribution in [2.45, 2.75) is 45.4 Å². The number of carbonyl (C=O) groups excluding carboxylic acids is 1. The Kier molecular flexibility index (Phi) is 4.58. The average molecular weight is 182 g/mol. The van der Waals surface area contributed by atoms with Gasteiger partial charge in [0, 0.05) is 12.0 Å². The Morgan fingerprint density at radius 1 is 1.38 bits per heavy atom. The topological polar surface area (TPSA) is 26.3 Å². The number of esters is 1. The van der Waals surface area contributed by atoms with Crippen molar-refractivity contribution in [2.75, 3.05) is 6.61 Å². The van der Waals surface area contributed by atoms with E-state index in [1.807, 2.05) is 6.08 Å². The van der Waals surface area contributed by atoms with Crippen molar-refractivity contribution in [3.63, 3.8) is 0 Å². The molecule has 0 spiro atoms. The summed E-state index contributed by atoms with van der Waals surface area (Å²) in [5.41, 5.74) is 0.891. The molecule has 1 aliphatic rings. The van der Waals surface area contributed by atoms with E-state index in [2.05, 4.69) is 6.92 Å². The molecule has 0 saturated carbocycles. The SMILES string of the molecule is CCCCCCC1=CCCOC1=O. The lowest BCUT2D eigenvalue weighted by molar-refractivity contribution is -0.140. The van der Waals surface area contributed by atoms with Crippen molar-refractivity contribution in [2.24, 2.45) is 0 Å². The quantitative estimate of drug-likeness (QED) is 0.482. The van der Waals surface area contributed by atoms with E-state index in [1.165, 1.54) is 19.3 Å². The van der Waals surface area contributed by atoms with Crippen LogP contribution in [-0.4, -0.2) is 12.6 Å². The minimum absolute atomic E-state index is 0.0947. The molecule has 0 bridgehead atoms. The molecule has 0 aromatic rings. The van der Waals surface area contributed by atoms with Gasteiger partial charge in [-0.25, -0.2) is 4.79 Å². The van der Waals surface area contributed by atoms with E-state index in [0.29, 0.717) is 6.61 Å². The monoisotopic (exact) mass is 182 g/mol. The minimum atomic E-state index is -0.0947. The molecule has 0 atom stereocenters. The summed E-state index contributed by atoms with van der Waals surface area (Å²) in [7, 11) is 0. The summed E-state index contributed by atoms with van der Waals surface area (Å²) in [5, 5.41) is 0. The molecule has 0 fully saturated rings. The first-order valence-corrected chi connectivity index (χ1v) is 5.20. The molecule has 0 N–H and O–H groups in total. The van der Waals surface area contributed by atoms with Gasteiger partial charge in [0.2, 0.25) is 0 Å². The van der Waals surface area contributed by atoms with Crippen LogP contribution in [0, 0.1) is 0 Å². The second kappa shape index (κ2) is 5.79. The largest absolute Gasteiger partial charge is 0.462 e. The van der Waals surface area contributed by atoms with E-state index in [9.17, 15) is 4.79 Å². The van der Waals surface area contributed by atoms with E-state index >= 15 is 0 Å². The van der Waals surface area contributed by atoms with E-state index < -0.39 is 0 Å². The fourth-order valence-electron chi connectivity index (χ4n) is 1.51. The first-order chi connectivity index (χ1) is 6.34. The highest BCUT2D eigenvalue weighted by atomic mass is 16.5. The van der Waals surface area contributed by atoms with Gasteiger partial charge < -0.3 is 4.74 Å². The van der Waals surface area contributed by atoms with Crippen LogP contribution in [0.2, 0.25) is 0 Å². The fraction of sp³-hybridized carbons (Fsp3) is 0.727. The molecular weight excluding hydrogens is 164 g/mol. The molecule has 1 aliphatic heterocycles. The molecule has 13 heavy (non-hydrogen) atoms. The average Bonchev–Trinajstić information content (AvgIpc) is 2.15. The fourth-order valence-corrected chi connectivity index (χ4v) is 1.51. The predicted octanol–water partition coefficient (Wildman–Crippen LogP) is 2.83. The minimum Gasteiger partial charge on any atom is -0.462 e. The molecule has 0 unspecified atom stereocenters. The third-order valence-electron chi connectivity index (χ3n) is 2.30. The number of hydrogen-bond donors (Lipinski definition) is 0. The van der Waals surface area contributed by atoms with Crippen LogP contribution in [0.15, 0.2) is 11.6 Å². The van der Waals surface area contributed by atoms with Gasteiger partial charge in [-0.3, -0.25) is 0 Å². The number of rotatable bonds is 5. The summed E-state index contributed by atoms with van der Waals surface area (Å²) < 4.78 is 4.94. The highest BCUT2D eigenvalue weighted by Crippen LogP contribution is 2.15. The van der Waals surface area contributed by atoms with Crippen molar-refractivity contribution in [3.05, 3.63) is 11.6 Å².